The molecule has 0 unspecified atom stereocenters. The number of imidazole rings is 1. The van der Waals surface area contributed by atoms with Crippen LogP contribution in [-0.4, -0.2) is 15.1 Å². The molecule has 0 bridgehead atoms. The predicted octanol–water partition coefficient (Wildman–Crippen LogP) is 2.87. The molecule has 0 aliphatic heterocycles. The second-order valence-electron chi connectivity index (χ2n) is 4.25. The summed E-state index contributed by atoms with van der Waals surface area (Å²) in [5, 5.41) is 12.3. The standard InChI is InChI=1S/C13H10F2N4O/c14-7-2-1-3-8(11(7)15)17-13-18-9-4-6(16)5-10(20)12(9)19-13/h1-5,20H,16H2,(H2,17,18,19). The summed E-state index contributed by atoms with van der Waals surface area (Å²) < 4.78 is 26.6. The van der Waals surface area contributed by atoms with E-state index in [9.17, 15) is 13.9 Å². The first-order valence-corrected chi connectivity index (χ1v) is 5.74. The van der Waals surface area contributed by atoms with Gasteiger partial charge < -0.3 is 21.1 Å². The SMILES string of the molecule is Nc1cc(O)c2nc(Nc3cccc(F)c3F)[nH]c2c1. The number of aromatic amines is 1. The summed E-state index contributed by atoms with van der Waals surface area (Å²) >= 11 is 0. The van der Waals surface area contributed by atoms with Crippen LogP contribution in [0.4, 0.5) is 26.1 Å². The summed E-state index contributed by atoms with van der Waals surface area (Å²) in [6.45, 7) is 0. The van der Waals surface area contributed by atoms with Crippen LogP contribution in [0.2, 0.25) is 0 Å². The highest BCUT2D eigenvalue weighted by Crippen LogP contribution is 2.28. The first-order chi connectivity index (χ1) is 9.54. The first kappa shape index (κ1) is 12.2. The van der Waals surface area contributed by atoms with E-state index in [-0.39, 0.29) is 17.4 Å². The van der Waals surface area contributed by atoms with E-state index in [0.717, 1.165) is 6.07 Å². The zero-order valence-electron chi connectivity index (χ0n) is 10.1. The molecule has 0 radical (unpaired) electrons. The van der Waals surface area contributed by atoms with Crippen molar-refractivity contribution in [3.63, 3.8) is 0 Å². The molecule has 7 heteroatoms. The van der Waals surface area contributed by atoms with Crippen LogP contribution in [0.3, 0.4) is 0 Å². The van der Waals surface area contributed by atoms with Gasteiger partial charge in [-0.2, -0.15) is 0 Å². The van der Waals surface area contributed by atoms with E-state index >= 15 is 0 Å². The van der Waals surface area contributed by atoms with Crippen molar-refractivity contribution < 1.29 is 13.9 Å². The number of nitrogen functional groups attached to an aromatic ring is 1. The molecule has 1 heterocycles. The molecule has 0 aliphatic rings. The average Bonchev–Trinajstić information content (AvgIpc) is 2.78. The molecule has 0 aliphatic carbocycles. The van der Waals surface area contributed by atoms with Crippen molar-refractivity contribution >= 4 is 28.4 Å². The number of nitrogens with zero attached hydrogens (tertiary/aromatic N) is 1. The number of nitrogens with two attached hydrogens (primary N) is 1. The molecule has 0 saturated carbocycles. The van der Waals surface area contributed by atoms with Gasteiger partial charge in [0.25, 0.3) is 0 Å². The quantitative estimate of drug-likeness (QED) is 0.542. The van der Waals surface area contributed by atoms with Gasteiger partial charge in [0.15, 0.2) is 11.6 Å². The van der Waals surface area contributed by atoms with Gasteiger partial charge in [0, 0.05) is 11.8 Å². The smallest absolute Gasteiger partial charge is 0.205 e. The minimum absolute atomic E-state index is 0.0588. The summed E-state index contributed by atoms with van der Waals surface area (Å²) in [5.74, 6) is -1.88. The summed E-state index contributed by atoms with van der Waals surface area (Å²) in [6, 6.07) is 6.70. The van der Waals surface area contributed by atoms with Gasteiger partial charge in [-0.1, -0.05) is 6.07 Å². The number of H-pyrrole nitrogens is 1. The number of anilines is 3. The van der Waals surface area contributed by atoms with Crippen LogP contribution >= 0.6 is 0 Å². The number of nitrogens with one attached hydrogen (secondary N) is 2. The normalized spacial score (nSPS) is 10.9. The van der Waals surface area contributed by atoms with Gasteiger partial charge in [-0.05, 0) is 18.2 Å². The maximum absolute atomic E-state index is 13.5. The first-order valence-electron chi connectivity index (χ1n) is 5.74. The van der Waals surface area contributed by atoms with Gasteiger partial charge in [-0.25, -0.2) is 13.8 Å². The van der Waals surface area contributed by atoms with Crippen molar-refractivity contribution in [3.05, 3.63) is 42.0 Å². The molecular weight excluding hydrogens is 266 g/mol. The summed E-state index contributed by atoms with van der Waals surface area (Å²) in [4.78, 5) is 6.88. The third-order valence-corrected chi connectivity index (χ3v) is 2.79. The van der Waals surface area contributed by atoms with E-state index in [4.69, 9.17) is 5.73 Å². The second-order valence-corrected chi connectivity index (χ2v) is 4.25. The molecule has 5 nitrogen and oxygen atoms in total. The van der Waals surface area contributed by atoms with E-state index < -0.39 is 11.6 Å². The van der Waals surface area contributed by atoms with Crippen LogP contribution in [0.5, 0.6) is 5.75 Å². The van der Waals surface area contributed by atoms with Gasteiger partial charge >= 0.3 is 0 Å². The van der Waals surface area contributed by atoms with E-state index in [2.05, 4.69) is 15.3 Å². The largest absolute Gasteiger partial charge is 0.506 e. The minimum atomic E-state index is -1.00. The molecule has 3 rings (SSSR count). The zero-order valence-corrected chi connectivity index (χ0v) is 10.1. The van der Waals surface area contributed by atoms with Crippen LogP contribution < -0.4 is 11.1 Å². The van der Waals surface area contributed by atoms with Crippen LogP contribution in [0.1, 0.15) is 0 Å². The lowest BCUT2D eigenvalue weighted by Crippen LogP contribution is -1.97. The number of aromatic nitrogens is 2. The van der Waals surface area contributed by atoms with Gasteiger partial charge in [0.05, 0.1) is 11.2 Å². The van der Waals surface area contributed by atoms with Crippen LogP contribution in [-0.2, 0) is 0 Å². The number of halogens is 2. The van der Waals surface area contributed by atoms with E-state index in [1.54, 1.807) is 6.07 Å². The Kier molecular flexibility index (Phi) is 2.67. The zero-order chi connectivity index (χ0) is 14.3. The Morgan fingerprint density at radius 3 is 2.85 bits per heavy atom. The fourth-order valence-electron chi connectivity index (χ4n) is 1.91. The van der Waals surface area contributed by atoms with Crippen molar-refractivity contribution in [1.29, 1.82) is 0 Å². The number of rotatable bonds is 2. The molecule has 0 atom stereocenters. The summed E-state index contributed by atoms with van der Waals surface area (Å²) in [5.41, 5.74) is 6.68. The number of hydrogen-bond acceptors (Lipinski definition) is 4. The lowest BCUT2D eigenvalue weighted by molar-refractivity contribution is 0.481. The Hall–Kier alpha value is -2.83. The molecule has 3 aromatic rings. The van der Waals surface area contributed by atoms with Crippen LogP contribution in [0.25, 0.3) is 11.0 Å². The maximum Gasteiger partial charge on any atom is 0.205 e. The molecule has 5 N–H and O–H groups in total. The number of hydrogen-bond donors (Lipinski definition) is 4. The van der Waals surface area contributed by atoms with Gasteiger partial charge in [-0.3, -0.25) is 0 Å². The van der Waals surface area contributed by atoms with Crippen molar-refractivity contribution in [3.8, 4) is 5.75 Å². The predicted molar refractivity (Wildman–Crippen MR) is 71.8 cm³/mol. The fourth-order valence-corrected chi connectivity index (χ4v) is 1.91. The Labute approximate surface area is 112 Å². The molecule has 0 amide bonds. The highest BCUT2D eigenvalue weighted by Gasteiger charge is 2.11. The molecule has 102 valence electrons. The number of benzene rings is 2. The third kappa shape index (κ3) is 1.99. The maximum atomic E-state index is 13.5. The molecule has 0 saturated heterocycles. The lowest BCUT2D eigenvalue weighted by Gasteiger charge is -2.04. The van der Waals surface area contributed by atoms with Crippen molar-refractivity contribution in [2.45, 2.75) is 0 Å². The van der Waals surface area contributed by atoms with Crippen molar-refractivity contribution in [2.24, 2.45) is 0 Å². The number of fused-ring (bicyclic) bond motifs is 1. The number of phenols is 1. The fraction of sp³-hybridized carbons (Fsp3) is 0. The Balaban J connectivity index is 2.03. The topological polar surface area (TPSA) is 87.0 Å². The minimum Gasteiger partial charge on any atom is -0.506 e. The van der Waals surface area contributed by atoms with Crippen LogP contribution in [0, 0.1) is 11.6 Å². The lowest BCUT2D eigenvalue weighted by atomic mass is 10.2. The molecular formula is C13H10F2N4O. The Morgan fingerprint density at radius 1 is 1.25 bits per heavy atom. The van der Waals surface area contributed by atoms with Crippen molar-refractivity contribution in [1.82, 2.24) is 9.97 Å². The average molecular weight is 276 g/mol. The molecule has 0 fully saturated rings. The Morgan fingerprint density at radius 2 is 2.05 bits per heavy atom. The van der Waals surface area contributed by atoms with E-state index in [1.165, 1.54) is 18.2 Å². The summed E-state index contributed by atoms with van der Waals surface area (Å²) in [6.07, 6.45) is 0. The highest BCUT2D eigenvalue weighted by molar-refractivity contribution is 5.87. The second kappa shape index (κ2) is 4.37. The third-order valence-electron chi connectivity index (χ3n) is 2.79. The van der Waals surface area contributed by atoms with E-state index in [0.29, 0.717) is 16.7 Å². The van der Waals surface area contributed by atoms with Gasteiger partial charge in [-0.15, -0.1) is 0 Å². The van der Waals surface area contributed by atoms with E-state index in [1.807, 2.05) is 0 Å². The molecule has 20 heavy (non-hydrogen) atoms. The van der Waals surface area contributed by atoms with Gasteiger partial charge in [0.2, 0.25) is 5.95 Å². The van der Waals surface area contributed by atoms with Crippen LogP contribution in [0.15, 0.2) is 30.3 Å². The van der Waals surface area contributed by atoms with Gasteiger partial charge in [0.1, 0.15) is 11.3 Å². The number of phenolic OH excluding ortho intramolecular Hbond substituents is 1. The summed E-state index contributed by atoms with van der Waals surface area (Å²) in [7, 11) is 0. The number of aromatic hydroxyl groups is 1. The van der Waals surface area contributed by atoms with Crippen molar-refractivity contribution in [2.75, 3.05) is 11.1 Å². The monoisotopic (exact) mass is 276 g/mol. The Bertz CT molecular complexity index is 800. The highest BCUT2D eigenvalue weighted by atomic mass is 19.2. The molecule has 1 aromatic heterocycles. The molecule has 2 aromatic carbocycles. The molecule has 0 spiro atoms.